The maximum absolute atomic E-state index is 13.4. The average Bonchev–Trinajstić information content (AvgIpc) is 3.25. The van der Waals surface area contributed by atoms with Gasteiger partial charge in [0.05, 0.1) is 17.3 Å². The molecule has 0 unspecified atom stereocenters. The molecule has 6 nitrogen and oxygen atoms in total. The van der Waals surface area contributed by atoms with Gasteiger partial charge in [0.2, 0.25) is 0 Å². The fraction of sp³-hybridized carbons (Fsp3) is 0.0417. The first-order valence-corrected chi connectivity index (χ1v) is 10.1. The summed E-state index contributed by atoms with van der Waals surface area (Å²) in [5.74, 6) is -0.0193. The molecule has 0 fully saturated rings. The lowest BCUT2D eigenvalue weighted by Crippen LogP contribution is -2.16. The number of halogens is 5. The zero-order valence-corrected chi connectivity index (χ0v) is 18.5. The third-order valence-electron chi connectivity index (χ3n) is 4.88. The Balaban J connectivity index is 0.00000289. The number of fused-ring (bicyclic) bond motifs is 1. The number of hydrogen-bond acceptors (Lipinski definition) is 5. The van der Waals surface area contributed by atoms with E-state index in [1.54, 1.807) is 23.0 Å². The van der Waals surface area contributed by atoms with Crippen LogP contribution in [-0.4, -0.2) is 26.1 Å². The number of alkyl halides is 3. The van der Waals surface area contributed by atoms with E-state index in [4.69, 9.17) is 0 Å². The topological polar surface area (TPSA) is 64.9 Å². The van der Waals surface area contributed by atoms with Crippen LogP contribution >= 0.6 is 12.4 Å². The number of aromatic nitrogens is 4. The van der Waals surface area contributed by atoms with Gasteiger partial charge in [-0.2, -0.15) is 5.10 Å². The second kappa shape index (κ2) is 9.59. The number of ether oxygens (including phenoxy) is 1. The van der Waals surface area contributed by atoms with Crippen LogP contribution in [0.5, 0.6) is 5.75 Å². The maximum Gasteiger partial charge on any atom is 0.573 e. The van der Waals surface area contributed by atoms with Crippen molar-refractivity contribution in [3.63, 3.8) is 0 Å². The summed E-state index contributed by atoms with van der Waals surface area (Å²) < 4.78 is 56.4. The molecule has 0 saturated carbocycles. The lowest BCUT2D eigenvalue weighted by Gasteiger charge is -2.12. The summed E-state index contributed by atoms with van der Waals surface area (Å²) in [5.41, 5.74) is 2.34. The van der Waals surface area contributed by atoms with Gasteiger partial charge < -0.3 is 10.1 Å². The smallest absolute Gasteiger partial charge is 0.406 e. The molecule has 11 heteroatoms. The monoisotopic (exact) mass is 501 g/mol. The van der Waals surface area contributed by atoms with Crippen molar-refractivity contribution in [2.24, 2.45) is 0 Å². The summed E-state index contributed by atoms with van der Waals surface area (Å²) in [4.78, 5) is 9.23. The van der Waals surface area contributed by atoms with E-state index in [2.05, 4.69) is 25.1 Å². The van der Waals surface area contributed by atoms with E-state index in [1.807, 2.05) is 30.3 Å². The molecule has 0 aliphatic heterocycles. The van der Waals surface area contributed by atoms with Gasteiger partial charge >= 0.3 is 6.36 Å². The molecule has 3 aromatic carbocycles. The van der Waals surface area contributed by atoms with Gasteiger partial charge in [-0.15, -0.1) is 25.6 Å². The van der Waals surface area contributed by atoms with Gasteiger partial charge in [0.1, 0.15) is 17.4 Å². The van der Waals surface area contributed by atoms with Gasteiger partial charge in [-0.05, 0) is 60.7 Å². The Kier molecular flexibility index (Phi) is 6.57. The molecule has 35 heavy (non-hydrogen) atoms. The number of nitrogens with zero attached hydrogens (tertiary/aromatic N) is 4. The Hall–Kier alpha value is -4.18. The lowest BCUT2D eigenvalue weighted by atomic mass is 10.2. The van der Waals surface area contributed by atoms with Crippen LogP contribution in [0.25, 0.3) is 28.1 Å². The minimum absolute atomic E-state index is 0. The van der Waals surface area contributed by atoms with Crippen LogP contribution in [0.2, 0.25) is 0 Å². The molecule has 178 valence electrons. The largest absolute Gasteiger partial charge is 0.573 e. The Morgan fingerprint density at radius 2 is 1.51 bits per heavy atom. The summed E-state index contributed by atoms with van der Waals surface area (Å²) in [7, 11) is 0. The van der Waals surface area contributed by atoms with E-state index < -0.39 is 12.2 Å². The lowest BCUT2D eigenvalue weighted by molar-refractivity contribution is -0.274. The fourth-order valence-corrected chi connectivity index (χ4v) is 3.37. The first kappa shape index (κ1) is 24.0. The Bertz CT molecular complexity index is 1440. The first-order valence-electron chi connectivity index (χ1n) is 10.1. The summed E-state index contributed by atoms with van der Waals surface area (Å²) in [5, 5.41) is 8.14. The predicted octanol–water partition coefficient (Wildman–Crippen LogP) is 6.69. The molecule has 0 bridgehead atoms. The average molecular weight is 502 g/mol. The Labute approximate surface area is 202 Å². The highest BCUT2D eigenvalue weighted by molar-refractivity contribution is 5.91. The highest BCUT2D eigenvalue weighted by Gasteiger charge is 2.31. The molecule has 0 spiro atoms. The molecule has 2 aromatic heterocycles. The van der Waals surface area contributed by atoms with Crippen LogP contribution in [0.15, 0.2) is 85.1 Å². The molecule has 0 atom stereocenters. The number of benzene rings is 3. The van der Waals surface area contributed by atoms with Crippen molar-refractivity contribution in [2.75, 3.05) is 5.32 Å². The highest BCUT2D eigenvalue weighted by atomic mass is 35.5. The van der Waals surface area contributed by atoms with Crippen LogP contribution in [0, 0.1) is 5.82 Å². The summed E-state index contributed by atoms with van der Waals surface area (Å²) in [6.07, 6.45) is -3.18. The van der Waals surface area contributed by atoms with Crippen molar-refractivity contribution in [1.82, 2.24) is 19.7 Å². The minimum atomic E-state index is -4.77. The summed E-state index contributed by atoms with van der Waals surface area (Å²) in [6, 6.07) is 20.4. The highest BCUT2D eigenvalue weighted by Crippen LogP contribution is 2.30. The third-order valence-corrected chi connectivity index (χ3v) is 4.88. The SMILES string of the molecule is Cl.Fc1ccc(-c2nc(Nc3ccc(OC(F)(F)F)cc3)c3cnn(-c4ccccc4)c3n2)cc1. The molecule has 5 aromatic rings. The second-order valence-corrected chi connectivity index (χ2v) is 7.23. The van der Waals surface area contributed by atoms with E-state index >= 15 is 0 Å². The normalized spacial score (nSPS) is 11.2. The molecule has 2 heterocycles. The number of hydrogen-bond donors (Lipinski definition) is 1. The van der Waals surface area contributed by atoms with Gasteiger partial charge in [-0.1, -0.05) is 18.2 Å². The molecule has 1 N–H and O–H groups in total. The van der Waals surface area contributed by atoms with E-state index in [0.717, 1.165) is 5.69 Å². The zero-order chi connectivity index (χ0) is 23.7. The van der Waals surface area contributed by atoms with Gasteiger partial charge in [0, 0.05) is 11.3 Å². The van der Waals surface area contributed by atoms with E-state index in [9.17, 15) is 17.6 Å². The molecule has 0 saturated heterocycles. The molecule has 0 aliphatic carbocycles. The number of rotatable bonds is 5. The number of nitrogens with one attached hydrogen (secondary N) is 1. The first-order chi connectivity index (χ1) is 16.4. The van der Waals surface area contributed by atoms with Crippen LogP contribution < -0.4 is 10.1 Å². The molecule has 5 rings (SSSR count). The minimum Gasteiger partial charge on any atom is -0.406 e. The maximum atomic E-state index is 13.4. The molecular weight excluding hydrogens is 486 g/mol. The fourth-order valence-electron chi connectivity index (χ4n) is 3.37. The van der Waals surface area contributed by atoms with Gasteiger partial charge in [0.15, 0.2) is 11.5 Å². The van der Waals surface area contributed by atoms with E-state index in [0.29, 0.717) is 33.9 Å². The van der Waals surface area contributed by atoms with Crippen molar-refractivity contribution in [2.45, 2.75) is 6.36 Å². The summed E-state index contributed by atoms with van der Waals surface area (Å²) >= 11 is 0. The number of para-hydroxylation sites is 1. The predicted molar refractivity (Wildman–Crippen MR) is 126 cm³/mol. The van der Waals surface area contributed by atoms with Gasteiger partial charge in [-0.25, -0.2) is 19.0 Å². The second-order valence-electron chi connectivity index (χ2n) is 7.23. The molecular formula is C24H16ClF4N5O. The quantitative estimate of drug-likeness (QED) is 0.272. The van der Waals surface area contributed by atoms with E-state index in [-0.39, 0.29) is 18.2 Å². The summed E-state index contributed by atoms with van der Waals surface area (Å²) in [6.45, 7) is 0. The van der Waals surface area contributed by atoms with Crippen LogP contribution in [0.3, 0.4) is 0 Å². The molecule has 0 radical (unpaired) electrons. The van der Waals surface area contributed by atoms with Crippen molar-refractivity contribution in [3.8, 4) is 22.8 Å². The van der Waals surface area contributed by atoms with Crippen molar-refractivity contribution >= 4 is 34.9 Å². The Morgan fingerprint density at radius 3 is 2.17 bits per heavy atom. The van der Waals surface area contributed by atoms with Gasteiger partial charge in [0.25, 0.3) is 0 Å². The Morgan fingerprint density at radius 1 is 0.829 bits per heavy atom. The third kappa shape index (κ3) is 5.33. The van der Waals surface area contributed by atoms with Crippen molar-refractivity contribution in [1.29, 1.82) is 0 Å². The van der Waals surface area contributed by atoms with Crippen LogP contribution in [0.1, 0.15) is 0 Å². The van der Waals surface area contributed by atoms with Crippen molar-refractivity contribution < 1.29 is 22.3 Å². The molecule has 0 aliphatic rings. The van der Waals surface area contributed by atoms with Gasteiger partial charge in [-0.3, -0.25) is 0 Å². The van der Waals surface area contributed by atoms with Crippen LogP contribution in [-0.2, 0) is 0 Å². The van der Waals surface area contributed by atoms with Crippen LogP contribution in [0.4, 0.5) is 29.1 Å². The number of anilines is 2. The zero-order valence-electron chi connectivity index (χ0n) is 17.7. The molecule has 0 amide bonds. The van der Waals surface area contributed by atoms with Crippen molar-refractivity contribution in [3.05, 3.63) is 90.9 Å². The van der Waals surface area contributed by atoms with E-state index in [1.165, 1.54) is 36.4 Å². The standard InChI is InChI=1S/C24H15F4N5O.ClH/c25-16-8-6-15(7-9-16)21-31-22(30-17-10-12-19(13-11-17)34-24(26,27)28)20-14-29-33(23(20)32-21)18-4-2-1-3-5-18;/h1-14H,(H,30,31,32);1H.